The van der Waals surface area contributed by atoms with Gasteiger partial charge >= 0.3 is 0 Å². The predicted molar refractivity (Wildman–Crippen MR) is 125 cm³/mol. The Morgan fingerprint density at radius 2 is 1.10 bits per heavy atom. The van der Waals surface area contributed by atoms with Crippen LogP contribution in [0.25, 0.3) is 11.3 Å². The van der Waals surface area contributed by atoms with Crippen molar-refractivity contribution in [2.24, 2.45) is 0 Å². The van der Waals surface area contributed by atoms with E-state index in [0.29, 0.717) is 0 Å². The summed E-state index contributed by atoms with van der Waals surface area (Å²) in [6, 6.07) is 37.7. The first-order valence-electron chi connectivity index (χ1n) is 10.4. The van der Waals surface area contributed by atoms with Gasteiger partial charge in [0.2, 0.25) is 0 Å². The Morgan fingerprint density at radius 1 is 0.613 bits per heavy atom. The van der Waals surface area contributed by atoms with Gasteiger partial charge in [-0.25, -0.2) is 0 Å². The minimum atomic E-state index is -0.610. The highest BCUT2D eigenvalue weighted by molar-refractivity contribution is 5.62. The SMILES string of the molecule is Cc1nn(C(c2ccccc2)(c2ccccc2)c2ccccc2)cc1-c1ccccn1. The lowest BCUT2D eigenvalue weighted by Crippen LogP contribution is -2.38. The lowest BCUT2D eigenvalue weighted by Gasteiger charge is -2.36. The number of pyridine rings is 1. The van der Waals surface area contributed by atoms with E-state index in [4.69, 9.17) is 5.10 Å². The lowest BCUT2D eigenvalue weighted by molar-refractivity contribution is 0.458. The van der Waals surface area contributed by atoms with Gasteiger partial charge in [0.15, 0.2) is 0 Å². The van der Waals surface area contributed by atoms with Crippen LogP contribution in [0.15, 0.2) is 122 Å². The molecule has 0 aliphatic heterocycles. The molecule has 0 spiro atoms. The van der Waals surface area contributed by atoms with Gasteiger partial charge in [0, 0.05) is 18.0 Å². The van der Waals surface area contributed by atoms with Crippen molar-refractivity contribution >= 4 is 0 Å². The molecule has 0 unspecified atom stereocenters. The van der Waals surface area contributed by atoms with Gasteiger partial charge in [-0.1, -0.05) is 97.1 Å². The molecule has 0 aliphatic rings. The Kier molecular flexibility index (Phi) is 4.93. The highest BCUT2D eigenvalue weighted by Crippen LogP contribution is 2.41. The third-order valence-electron chi connectivity index (χ3n) is 5.76. The van der Waals surface area contributed by atoms with Crippen molar-refractivity contribution in [3.63, 3.8) is 0 Å². The first-order valence-corrected chi connectivity index (χ1v) is 10.4. The normalized spacial score (nSPS) is 11.4. The molecule has 150 valence electrons. The Hall–Kier alpha value is -3.98. The maximum atomic E-state index is 5.07. The van der Waals surface area contributed by atoms with Gasteiger partial charge in [0.05, 0.1) is 11.4 Å². The third-order valence-corrected chi connectivity index (χ3v) is 5.76. The van der Waals surface area contributed by atoms with Gasteiger partial charge < -0.3 is 0 Å². The molecule has 0 atom stereocenters. The van der Waals surface area contributed by atoms with Crippen LogP contribution in [0.3, 0.4) is 0 Å². The monoisotopic (exact) mass is 401 g/mol. The van der Waals surface area contributed by atoms with Crippen molar-refractivity contribution in [2.75, 3.05) is 0 Å². The fraction of sp³-hybridized carbons (Fsp3) is 0.0714. The number of aromatic nitrogens is 3. The number of hydrogen-bond donors (Lipinski definition) is 0. The molecule has 2 aromatic heterocycles. The van der Waals surface area contributed by atoms with Crippen molar-refractivity contribution in [1.82, 2.24) is 14.8 Å². The number of nitrogens with zero attached hydrogens (tertiary/aromatic N) is 3. The van der Waals surface area contributed by atoms with Crippen LogP contribution in [-0.4, -0.2) is 14.8 Å². The first-order chi connectivity index (χ1) is 15.3. The van der Waals surface area contributed by atoms with Crippen LogP contribution in [0.2, 0.25) is 0 Å². The second-order valence-corrected chi connectivity index (χ2v) is 7.60. The van der Waals surface area contributed by atoms with E-state index in [2.05, 4.69) is 107 Å². The summed E-state index contributed by atoms with van der Waals surface area (Å²) in [5.74, 6) is 0. The molecule has 5 rings (SSSR count). The van der Waals surface area contributed by atoms with E-state index < -0.39 is 5.54 Å². The van der Waals surface area contributed by atoms with Crippen molar-refractivity contribution in [3.8, 4) is 11.3 Å². The zero-order chi connectivity index (χ0) is 21.1. The molecule has 2 heterocycles. The van der Waals surface area contributed by atoms with E-state index >= 15 is 0 Å². The van der Waals surface area contributed by atoms with Crippen LogP contribution in [-0.2, 0) is 5.54 Å². The Balaban J connectivity index is 1.86. The van der Waals surface area contributed by atoms with E-state index in [0.717, 1.165) is 33.6 Å². The zero-order valence-corrected chi connectivity index (χ0v) is 17.4. The average Bonchev–Trinajstić information content (AvgIpc) is 3.24. The smallest absolute Gasteiger partial charge is 0.138 e. The molecule has 3 nitrogen and oxygen atoms in total. The van der Waals surface area contributed by atoms with Crippen LogP contribution in [0.5, 0.6) is 0 Å². The highest BCUT2D eigenvalue weighted by atomic mass is 15.3. The summed E-state index contributed by atoms with van der Waals surface area (Å²) in [6.45, 7) is 2.05. The highest BCUT2D eigenvalue weighted by Gasteiger charge is 2.39. The van der Waals surface area contributed by atoms with E-state index in [1.165, 1.54) is 0 Å². The summed E-state index contributed by atoms with van der Waals surface area (Å²) in [6.07, 6.45) is 3.95. The van der Waals surface area contributed by atoms with Crippen LogP contribution < -0.4 is 0 Å². The predicted octanol–water partition coefficient (Wildman–Crippen LogP) is 6.09. The Labute approximate surface area is 182 Å². The summed E-state index contributed by atoms with van der Waals surface area (Å²) in [5.41, 5.74) is 5.77. The molecule has 31 heavy (non-hydrogen) atoms. The fourth-order valence-corrected chi connectivity index (χ4v) is 4.34. The van der Waals surface area contributed by atoms with Crippen LogP contribution in [0, 0.1) is 6.92 Å². The molecule has 0 radical (unpaired) electrons. The molecular formula is C28H23N3. The van der Waals surface area contributed by atoms with E-state index in [-0.39, 0.29) is 0 Å². The van der Waals surface area contributed by atoms with Gasteiger partial charge in [-0.2, -0.15) is 5.10 Å². The van der Waals surface area contributed by atoms with E-state index in [1.807, 2.05) is 31.3 Å². The second-order valence-electron chi connectivity index (χ2n) is 7.60. The van der Waals surface area contributed by atoms with Crippen LogP contribution in [0.4, 0.5) is 0 Å². The maximum Gasteiger partial charge on any atom is 0.138 e. The minimum Gasteiger partial charge on any atom is -0.256 e. The molecule has 0 aliphatic carbocycles. The van der Waals surface area contributed by atoms with Crippen molar-refractivity contribution in [1.29, 1.82) is 0 Å². The van der Waals surface area contributed by atoms with Gasteiger partial charge in [0.1, 0.15) is 5.54 Å². The Morgan fingerprint density at radius 3 is 1.55 bits per heavy atom. The number of rotatable bonds is 5. The fourth-order valence-electron chi connectivity index (χ4n) is 4.34. The molecule has 0 amide bonds. The van der Waals surface area contributed by atoms with Crippen LogP contribution >= 0.6 is 0 Å². The molecule has 0 saturated carbocycles. The van der Waals surface area contributed by atoms with Crippen LogP contribution in [0.1, 0.15) is 22.4 Å². The summed E-state index contributed by atoms with van der Waals surface area (Å²) in [7, 11) is 0. The van der Waals surface area contributed by atoms with Crippen molar-refractivity contribution in [3.05, 3.63) is 144 Å². The molecule has 3 aromatic carbocycles. The lowest BCUT2D eigenvalue weighted by atomic mass is 9.77. The number of benzene rings is 3. The topological polar surface area (TPSA) is 30.7 Å². The van der Waals surface area contributed by atoms with Crippen molar-refractivity contribution < 1.29 is 0 Å². The summed E-state index contributed by atoms with van der Waals surface area (Å²) in [5, 5.41) is 5.07. The van der Waals surface area contributed by atoms with E-state index in [1.54, 1.807) is 0 Å². The standard InChI is InChI=1S/C28H23N3/c1-22-26(27-19-11-12-20-29-27)21-31(30-22)28(23-13-5-2-6-14-23,24-15-7-3-8-16-24)25-17-9-4-10-18-25/h2-21H,1H3. The molecular weight excluding hydrogens is 378 g/mol. The van der Waals surface area contributed by atoms with Gasteiger partial charge in [-0.3, -0.25) is 9.67 Å². The Bertz CT molecular complexity index is 1160. The van der Waals surface area contributed by atoms with E-state index in [9.17, 15) is 0 Å². The van der Waals surface area contributed by atoms with Gasteiger partial charge in [-0.15, -0.1) is 0 Å². The molecule has 0 bridgehead atoms. The summed E-state index contributed by atoms with van der Waals surface area (Å²) >= 11 is 0. The average molecular weight is 402 g/mol. The zero-order valence-electron chi connectivity index (χ0n) is 17.4. The summed E-state index contributed by atoms with van der Waals surface area (Å²) < 4.78 is 2.10. The quantitative estimate of drug-likeness (QED) is 0.334. The van der Waals surface area contributed by atoms with Gasteiger partial charge in [-0.05, 0) is 35.7 Å². The molecule has 0 N–H and O–H groups in total. The molecule has 5 aromatic rings. The van der Waals surface area contributed by atoms with Crippen molar-refractivity contribution in [2.45, 2.75) is 12.5 Å². The maximum absolute atomic E-state index is 5.07. The number of hydrogen-bond acceptors (Lipinski definition) is 2. The summed E-state index contributed by atoms with van der Waals surface area (Å²) in [4.78, 5) is 4.57. The minimum absolute atomic E-state index is 0.610. The third kappa shape index (κ3) is 3.24. The molecule has 3 heteroatoms. The largest absolute Gasteiger partial charge is 0.256 e. The number of aryl methyl sites for hydroxylation is 1. The second kappa shape index (κ2) is 8.04. The molecule has 0 saturated heterocycles. The van der Waals surface area contributed by atoms with Gasteiger partial charge in [0.25, 0.3) is 0 Å². The molecule has 0 fully saturated rings. The first kappa shape index (κ1) is 19.0.